The van der Waals surface area contributed by atoms with E-state index in [1.54, 1.807) is 5.54 Å². The summed E-state index contributed by atoms with van der Waals surface area (Å²) >= 11 is 7.96. The predicted octanol–water partition coefficient (Wildman–Crippen LogP) is 3.71. The Kier molecular flexibility index (Phi) is 11.4. The van der Waals surface area contributed by atoms with Gasteiger partial charge in [0.25, 0.3) is 0 Å². The van der Waals surface area contributed by atoms with Crippen molar-refractivity contribution in [3.8, 4) is 0 Å². The average molecular weight is 316 g/mol. The van der Waals surface area contributed by atoms with Crippen molar-refractivity contribution >= 4 is 34.2 Å². The standard InChI is InChI=1S/C10H19ClIN/c1-10(8-11)9-13-7-5-3-2-4-6-12/h8,13H,2-7,9H2,1H3. The van der Waals surface area contributed by atoms with Crippen LogP contribution in [-0.2, 0) is 0 Å². The Hall–Kier alpha value is 0.720. The van der Waals surface area contributed by atoms with Crippen molar-refractivity contribution in [3.05, 3.63) is 11.1 Å². The lowest BCUT2D eigenvalue weighted by Crippen LogP contribution is -2.17. The van der Waals surface area contributed by atoms with E-state index in [1.165, 1.54) is 35.7 Å². The maximum atomic E-state index is 5.53. The van der Waals surface area contributed by atoms with Crippen LogP contribution in [0.1, 0.15) is 32.6 Å². The van der Waals surface area contributed by atoms with E-state index < -0.39 is 0 Å². The minimum atomic E-state index is 0.926. The summed E-state index contributed by atoms with van der Waals surface area (Å²) in [5.74, 6) is 0. The van der Waals surface area contributed by atoms with Gasteiger partial charge in [0.15, 0.2) is 0 Å². The van der Waals surface area contributed by atoms with Crippen LogP contribution in [0.5, 0.6) is 0 Å². The smallest absolute Gasteiger partial charge is 0.0173 e. The summed E-state index contributed by atoms with van der Waals surface area (Å²) in [5, 5.41) is 3.36. The Morgan fingerprint density at radius 2 is 2.00 bits per heavy atom. The molecule has 3 heteroatoms. The van der Waals surface area contributed by atoms with Gasteiger partial charge in [0.1, 0.15) is 0 Å². The molecule has 0 aliphatic heterocycles. The van der Waals surface area contributed by atoms with Gasteiger partial charge in [-0.2, -0.15) is 0 Å². The molecule has 0 saturated carbocycles. The van der Waals surface area contributed by atoms with E-state index in [-0.39, 0.29) is 0 Å². The second-order valence-corrected chi connectivity index (χ2v) is 4.53. The molecule has 13 heavy (non-hydrogen) atoms. The van der Waals surface area contributed by atoms with Crippen LogP contribution in [0.2, 0.25) is 0 Å². The molecule has 0 bridgehead atoms. The number of nitrogens with one attached hydrogen (secondary N) is 1. The Bertz CT molecular complexity index is 137. The minimum Gasteiger partial charge on any atom is -0.313 e. The molecular weight excluding hydrogens is 296 g/mol. The first-order chi connectivity index (χ1) is 6.31. The summed E-state index contributed by atoms with van der Waals surface area (Å²) in [6.45, 7) is 4.08. The molecule has 0 rings (SSSR count). The quantitative estimate of drug-likeness (QED) is 0.409. The molecule has 0 aliphatic carbocycles. The molecule has 1 nitrogen and oxygen atoms in total. The maximum Gasteiger partial charge on any atom is 0.0173 e. The summed E-state index contributed by atoms with van der Waals surface area (Å²) in [7, 11) is 0. The van der Waals surface area contributed by atoms with Crippen molar-refractivity contribution in [3.63, 3.8) is 0 Å². The van der Waals surface area contributed by atoms with E-state index in [0.717, 1.165) is 13.1 Å². The molecule has 0 radical (unpaired) electrons. The highest BCUT2D eigenvalue weighted by molar-refractivity contribution is 14.1. The zero-order valence-electron chi connectivity index (χ0n) is 8.28. The van der Waals surface area contributed by atoms with Gasteiger partial charge in [0.05, 0.1) is 0 Å². The summed E-state index contributed by atoms with van der Waals surface area (Å²) in [6.07, 6.45) is 5.36. The lowest BCUT2D eigenvalue weighted by atomic mass is 10.2. The highest BCUT2D eigenvalue weighted by atomic mass is 127. The van der Waals surface area contributed by atoms with E-state index in [4.69, 9.17) is 11.6 Å². The normalized spacial score (nSPS) is 12.1. The van der Waals surface area contributed by atoms with Crippen LogP contribution in [0, 0.1) is 0 Å². The molecule has 0 atom stereocenters. The monoisotopic (exact) mass is 315 g/mol. The van der Waals surface area contributed by atoms with Crippen molar-refractivity contribution in [2.75, 3.05) is 17.5 Å². The highest BCUT2D eigenvalue weighted by Crippen LogP contribution is 2.01. The Balaban J connectivity index is 3.00. The van der Waals surface area contributed by atoms with Crippen LogP contribution in [-0.4, -0.2) is 17.5 Å². The molecule has 0 aliphatic rings. The summed E-state index contributed by atoms with van der Waals surface area (Å²) in [5.41, 5.74) is 2.84. The zero-order chi connectivity index (χ0) is 9.94. The van der Waals surface area contributed by atoms with Gasteiger partial charge in [0, 0.05) is 12.1 Å². The topological polar surface area (TPSA) is 12.0 Å². The Morgan fingerprint density at radius 1 is 1.31 bits per heavy atom. The number of halogens is 2. The molecule has 0 heterocycles. The van der Waals surface area contributed by atoms with Crippen LogP contribution in [0.4, 0.5) is 0 Å². The van der Waals surface area contributed by atoms with Crippen molar-refractivity contribution in [2.24, 2.45) is 0 Å². The highest BCUT2D eigenvalue weighted by Gasteiger charge is 1.90. The van der Waals surface area contributed by atoms with Gasteiger partial charge in [0.2, 0.25) is 0 Å². The Labute approximate surface area is 100 Å². The third kappa shape index (κ3) is 10.6. The molecular formula is C10H19ClIN. The first kappa shape index (κ1) is 13.7. The number of alkyl halides is 1. The first-order valence-electron chi connectivity index (χ1n) is 4.83. The molecule has 0 saturated heterocycles. The van der Waals surface area contributed by atoms with Crippen molar-refractivity contribution in [1.82, 2.24) is 5.32 Å². The SMILES string of the molecule is CC(=CCl)CNCCCCCCI. The van der Waals surface area contributed by atoms with E-state index in [1.807, 2.05) is 6.92 Å². The first-order valence-corrected chi connectivity index (χ1v) is 6.80. The van der Waals surface area contributed by atoms with Gasteiger partial charge in [-0.1, -0.05) is 47.0 Å². The summed E-state index contributed by atoms with van der Waals surface area (Å²) < 4.78 is 1.29. The second-order valence-electron chi connectivity index (χ2n) is 3.24. The van der Waals surface area contributed by atoms with Crippen molar-refractivity contribution in [2.45, 2.75) is 32.6 Å². The molecule has 0 unspecified atom stereocenters. The number of unbranched alkanes of at least 4 members (excludes halogenated alkanes) is 3. The Morgan fingerprint density at radius 3 is 2.62 bits per heavy atom. The van der Waals surface area contributed by atoms with E-state index in [9.17, 15) is 0 Å². The van der Waals surface area contributed by atoms with E-state index in [0.29, 0.717) is 0 Å². The lowest BCUT2D eigenvalue weighted by Gasteiger charge is -2.03. The van der Waals surface area contributed by atoms with Gasteiger partial charge in [-0.15, -0.1) is 0 Å². The fourth-order valence-corrected chi connectivity index (χ4v) is 1.64. The van der Waals surface area contributed by atoms with Gasteiger partial charge in [-0.05, 0) is 36.3 Å². The number of rotatable bonds is 8. The zero-order valence-corrected chi connectivity index (χ0v) is 11.2. The molecule has 0 aromatic rings. The van der Waals surface area contributed by atoms with Crippen LogP contribution in [0.3, 0.4) is 0 Å². The molecule has 0 aromatic heterocycles. The third-order valence-electron chi connectivity index (χ3n) is 1.83. The van der Waals surface area contributed by atoms with Gasteiger partial charge in [-0.25, -0.2) is 0 Å². The molecule has 1 N–H and O–H groups in total. The third-order valence-corrected chi connectivity index (χ3v) is 2.96. The van der Waals surface area contributed by atoms with Gasteiger partial charge < -0.3 is 5.32 Å². The molecule has 0 aromatic carbocycles. The van der Waals surface area contributed by atoms with E-state index in [2.05, 4.69) is 27.9 Å². The van der Waals surface area contributed by atoms with Crippen LogP contribution in [0.25, 0.3) is 0 Å². The van der Waals surface area contributed by atoms with Gasteiger partial charge in [-0.3, -0.25) is 0 Å². The fraction of sp³-hybridized carbons (Fsp3) is 0.800. The van der Waals surface area contributed by atoms with Crippen LogP contribution < -0.4 is 5.32 Å². The average Bonchev–Trinajstić information content (AvgIpc) is 2.16. The lowest BCUT2D eigenvalue weighted by molar-refractivity contribution is 0.619. The summed E-state index contributed by atoms with van der Waals surface area (Å²) in [6, 6.07) is 0. The largest absolute Gasteiger partial charge is 0.313 e. The van der Waals surface area contributed by atoms with Crippen LogP contribution >= 0.6 is 34.2 Å². The van der Waals surface area contributed by atoms with Crippen molar-refractivity contribution in [1.29, 1.82) is 0 Å². The molecule has 0 amide bonds. The number of hydrogen-bond donors (Lipinski definition) is 1. The predicted molar refractivity (Wildman–Crippen MR) is 69.8 cm³/mol. The minimum absolute atomic E-state index is 0.926. The maximum absolute atomic E-state index is 5.53. The van der Waals surface area contributed by atoms with Crippen molar-refractivity contribution < 1.29 is 0 Å². The van der Waals surface area contributed by atoms with Gasteiger partial charge >= 0.3 is 0 Å². The molecule has 0 spiro atoms. The van der Waals surface area contributed by atoms with Crippen LogP contribution in [0.15, 0.2) is 11.1 Å². The molecule has 78 valence electrons. The number of hydrogen-bond acceptors (Lipinski definition) is 1. The molecule has 0 fully saturated rings. The van der Waals surface area contributed by atoms with E-state index >= 15 is 0 Å². The fourth-order valence-electron chi connectivity index (χ4n) is 1.02. The summed E-state index contributed by atoms with van der Waals surface area (Å²) in [4.78, 5) is 0. The second kappa shape index (κ2) is 10.8.